The molecule has 0 saturated heterocycles. The smallest absolute Gasteiger partial charge is 0.0543 e. The molecule has 3 nitrogen and oxygen atoms in total. The molecule has 0 aliphatic heterocycles. The molecule has 2 N–H and O–H groups in total. The Balaban J connectivity index is 2.92. The van der Waals surface area contributed by atoms with Crippen molar-refractivity contribution in [1.29, 1.82) is 0 Å². The second-order valence-electron chi connectivity index (χ2n) is 4.04. The van der Waals surface area contributed by atoms with Crippen molar-refractivity contribution < 1.29 is 4.74 Å². The zero-order chi connectivity index (χ0) is 11.4. The van der Waals surface area contributed by atoms with Crippen LogP contribution in [0.1, 0.15) is 39.5 Å². The summed E-state index contributed by atoms with van der Waals surface area (Å²) in [5.74, 6) is 0. The minimum Gasteiger partial charge on any atom is -0.382 e. The van der Waals surface area contributed by atoms with Gasteiger partial charge in [-0.1, -0.05) is 6.92 Å². The lowest BCUT2D eigenvalue weighted by Crippen LogP contribution is -2.23. The average molecular weight is 216 g/mol. The fraction of sp³-hybridized carbons (Fsp3) is 1.00. The molecular formula is C12H28N2O. The third kappa shape index (κ3) is 11.8. The van der Waals surface area contributed by atoms with Gasteiger partial charge in [0.2, 0.25) is 0 Å². The van der Waals surface area contributed by atoms with Gasteiger partial charge >= 0.3 is 0 Å². The van der Waals surface area contributed by atoms with Crippen LogP contribution in [0.4, 0.5) is 0 Å². The van der Waals surface area contributed by atoms with Crippen molar-refractivity contribution in [3.8, 4) is 0 Å². The summed E-state index contributed by atoms with van der Waals surface area (Å²) in [7, 11) is 1.78. The van der Waals surface area contributed by atoms with Gasteiger partial charge in [0, 0.05) is 7.11 Å². The summed E-state index contributed by atoms with van der Waals surface area (Å²) in [4.78, 5) is 0. The van der Waals surface area contributed by atoms with Gasteiger partial charge in [0.05, 0.1) is 6.10 Å². The highest BCUT2D eigenvalue weighted by Gasteiger charge is 1.97. The van der Waals surface area contributed by atoms with Crippen LogP contribution in [0.3, 0.4) is 0 Å². The van der Waals surface area contributed by atoms with Crippen LogP contribution in [0, 0.1) is 0 Å². The Morgan fingerprint density at radius 2 is 1.60 bits per heavy atom. The van der Waals surface area contributed by atoms with Crippen molar-refractivity contribution >= 4 is 0 Å². The number of hydrogen-bond acceptors (Lipinski definition) is 3. The van der Waals surface area contributed by atoms with Crippen LogP contribution in [0.25, 0.3) is 0 Å². The summed E-state index contributed by atoms with van der Waals surface area (Å²) in [5.41, 5.74) is 0. The van der Waals surface area contributed by atoms with Gasteiger partial charge in [-0.3, -0.25) is 0 Å². The first-order valence-corrected chi connectivity index (χ1v) is 6.25. The Bertz CT molecular complexity index is 120. The normalized spacial score (nSPS) is 13.0. The van der Waals surface area contributed by atoms with Gasteiger partial charge in [-0.15, -0.1) is 0 Å². The molecule has 1 atom stereocenters. The number of rotatable bonds is 11. The Hall–Kier alpha value is -0.120. The molecular weight excluding hydrogens is 188 g/mol. The quantitative estimate of drug-likeness (QED) is 0.517. The third-order valence-corrected chi connectivity index (χ3v) is 2.50. The first-order valence-electron chi connectivity index (χ1n) is 6.25. The van der Waals surface area contributed by atoms with Gasteiger partial charge in [-0.25, -0.2) is 0 Å². The van der Waals surface area contributed by atoms with Gasteiger partial charge in [0.1, 0.15) is 0 Å². The third-order valence-electron chi connectivity index (χ3n) is 2.50. The molecule has 0 aromatic carbocycles. The fourth-order valence-electron chi connectivity index (χ4n) is 1.40. The monoisotopic (exact) mass is 216 g/mol. The summed E-state index contributed by atoms with van der Waals surface area (Å²) in [6.45, 7) is 8.83. The Kier molecular flexibility index (Phi) is 11.9. The van der Waals surface area contributed by atoms with Gasteiger partial charge in [-0.2, -0.15) is 0 Å². The highest BCUT2D eigenvalue weighted by atomic mass is 16.5. The highest BCUT2D eigenvalue weighted by Crippen LogP contribution is 1.97. The summed E-state index contributed by atoms with van der Waals surface area (Å²) >= 11 is 0. The van der Waals surface area contributed by atoms with Crippen LogP contribution in [0.15, 0.2) is 0 Å². The molecule has 0 heterocycles. The molecule has 3 heteroatoms. The highest BCUT2D eigenvalue weighted by molar-refractivity contribution is 4.54. The summed E-state index contributed by atoms with van der Waals surface area (Å²) in [6, 6.07) is 0. The van der Waals surface area contributed by atoms with Gasteiger partial charge in [-0.05, 0) is 58.8 Å². The molecule has 0 aromatic rings. The van der Waals surface area contributed by atoms with Gasteiger partial charge in [0.25, 0.3) is 0 Å². The van der Waals surface area contributed by atoms with E-state index in [1.165, 1.54) is 19.3 Å². The molecule has 0 aliphatic rings. The van der Waals surface area contributed by atoms with Crippen molar-refractivity contribution in [2.45, 2.75) is 45.6 Å². The fourth-order valence-corrected chi connectivity index (χ4v) is 1.40. The molecule has 0 spiro atoms. The standard InChI is InChI=1S/C12H28N2O/c1-4-8-13-10-6-11-14-9-5-7-12(2)15-3/h12-14H,4-11H2,1-3H3. The molecule has 0 fully saturated rings. The molecule has 0 rings (SSSR count). The second kappa shape index (κ2) is 12.0. The van der Waals surface area contributed by atoms with E-state index in [4.69, 9.17) is 4.74 Å². The van der Waals surface area contributed by atoms with E-state index in [-0.39, 0.29) is 0 Å². The average Bonchev–Trinajstić information content (AvgIpc) is 2.26. The molecule has 15 heavy (non-hydrogen) atoms. The van der Waals surface area contributed by atoms with E-state index in [0.29, 0.717) is 6.10 Å². The van der Waals surface area contributed by atoms with Crippen molar-refractivity contribution in [1.82, 2.24) is 10.6 Å². The first kappa shape index (κ1) is 14.9. The van der Waals surface area contributed by atoms with Crippen LogP contribution < -0.4 is 10.6 Å². The zero-order valence-corrected chi connectivity index (χ0v) is 10.6. The van der Waals surface area contributed by atoms with Crippen molar-refractivity contribution in [3.05, 3.63) is 0 Å². The van der Waals surface area contributed by atoms with Crippen molar-refractivity contribution in [2.24, 2.45) is 0 Å². The molecule has 0 aliphatic carbocycles. The minimum absolute atomic E-state index is 0.401. The van der Waals surface area contributed by atoms with Crippen LogP contribution in [0.2, 0.25) is 0 Å². The molecule has 0 radical (unpaired) electrons. The molecule has 0 saturated carbocycles. The summed E-state index contributed by atoms with van der Waals surface area (Å²) in [5, 5.41) is 6.84. The van der Waals surface area contributed by atoms with Crippen LogP contribution >= 0.6 is 0 Å². The lowest BCUT2D eigenvalue weighted by atomic mass is 10.2. The van der Waals surface area contributed by atoms with E-state index in [0.717, 1.165) is 32.6 Å². The number of ether oxygens (including phenoxy) is 1. The predicted molar refractivity (Wildman–Crippen MR) is 66.4 cm³/mol. The maximum absolute atomic E-state index is 5.18. The van der Waals surface area contributed by atoms with Crippen LogP contribution in [-0.4, -0.2) is 39.4 Å². The van der Waals surface area contributed by atoms with Gasteiger partial charge in [0.15, 0.2) is 0 Å². The molecule has 0 aromatic heterocycles. The van der Waals surface area contributed by atoms with E-state index in [9.17, 15) is 0 Å². The SMILES string of the molecule is CCCNCCCNCCCC(C)OC. The van der Waals surface area contributed by atoms with E-state index in [1.807, 2.05) is 0 Å². The molecule has 0 amide bonds. The minimum atomic E-state index is 0.401. The maximum Gasteiger partial charge on any atom is 0.0543 e. The Labute approximate surface area is 95.0 Å². The number of hydrogen-bond donors (Lipinski definition) is 2. The summed E-state index contributed by atoms with van der Waals surface area (Å²) < 4.78 is 5.18. The largest absolute Gasteiger partial charge is 0.382 e. The lowest BCUT2D eigenvalue weighted by molar-refractivity contribution is 0.109. The van der Waals surface area contributed by atoms with E-state index < -0.39 is 0 Å². The topological polar surface area (TPSA) is 33.3 Å². The molecule has 92 valence electrons. The van der Waals surface area contributed by atoms with E-state index in [2.05, 4.69) is 24.5 Å². The van der Waals surface area contributed by atoms with E-state index in [1.54, 1.807) is 7.11 Å². The van der Waals surface area contributed by atoms with Crippen LogP contribution in [0.5, 0.6) is 0 Å². The van der Waals surface area contributed by atoms with Crippen molar-refractivity contribution in [2.75, 3.05) is 33.3 Å². The second-order valence-corrected chi connectivity index (χ2v) is 4.04. The van der Waals surface area contributed by atoms with Crippen molar-refractivity contribution in [3.63, 3.8) is 0 Å². The molecule has 1 unspecified atom stereocenters. The Morgan fingerprint density at radius 3 is 2.20 bits per heavy atom. The number of nitrogens with one attached hydrogen (secondary N) is 2. The summed E-state index contributed by atoms with van der Waals surface area (Å²) in [6.07, 6.45) is 5.20. The number of methoxy groups -OCH3 is 1. The van der Waals surface area contributed by atoms with Gasteiger partial charge < -0.3 is 15.4 Å². The molecule has 0 bridgehead atoms. The Morgan fingerprint density at radius 1 is 1.00 bits per heavy atom. The van der Waals surface area contributed by atoms with E-state index >= 15 is 0 Å². The lowest BCUT2D eigenvalue weighted by Gasteiger charge is -2.09. The maximum atomic E-state index is 5.18. The van der Waals surface area contributed by atoms with Crippen LogP contribution in [-0.2, 0) is 4.74 Å². The zero-order valence-electron chi connectivity index (χ0n) is 10.6. The first-order chi connectivity index (χ1) is 7.31. The predicted octanol–water partition coefficient (Wildman–Crippen LogP) is 1.78.